The number of halogens is 2. The van der Waals surface area contributed by atoms with E-state index >= 15 is 0 Å². The average Bonchev–Trinajstić information content (AvgIpc) is 3.02. The number of rotatable bonds is 9. The number of ether oxygens (including phenoxy) is 1. The van der Waals surface area contributed by atoms with Crippen molar-refractivity contribution in [3.05, 3.63) is 71.6 Å². The zero-order chi connectivity index (χ0) is 19.9. The van der Waals surface area contributed by atoms with Gasteiger partial charge in [-0.05, 0) is 25.2 Å². The highest BCUT2D eigenvalue weighted by Gasteiger charge is 2.13. The maximum Gasteiger partial charge on any atom is 0.191 e. The number of thioether (sulfide) groups is 1. The number of hydrogen-bond donors (Lipinski definition) is 0. The van der Waals surface area contributed by atoms with Gasteiger partial charge in [0.25, 0.3) is 0 Å². The monoisotopic (exact) mass is 404 g/mol. The van der Waals surface area contributed by atoms with Crippen LogP contribution in [0.25, 0.3) is 0 Å². The van der Waals surface area contributed by atoms with E-state index in [1.165, 1.54) is 12.1 Å². The van der Waals surface area contributed by atoms with E-state index < -0.39 is 11.6 Å². The summed E-state index contributed by atoms with van der Waals surface area (Å²) in [6, 6.07) is 13.3. The quantitative estimate of drug-likeness (QED) is 0.400. The van der Waals surface area contributed by atoms with Crippen LogP contribution < -0.4 is 4.74 Å². The molecule has 0 aliphatic heterocycles. The molecule has 0 saturated heterocycles. The van der Waals surface area contributed by atoms with Crippen LogP contribution in [0.4, 0.5) is 8.78 Å². The molecule has 0 amide bonds. The van der Waals surface area contributed by atoms with Crippen molar-refractivity contribution < 1.29 is 13.5 Å². The Kier molecular flexibility index (Phi) is 7.00. The standard InChI is InChI=1S/C20H22F2N4OS/c1-25(13-15-8-9-16(21)12-18(15)22)14-19-23-24-20(26(19)2)28-11-10-27-17-6-4-3-5-7-17/h3-9,12H,10-11,13-14H2,1-2H3. The first-order valence-corrected chi connectivity index (χ1v) is 9.83. The predicted molar refractivity (Wildman–Crippen MR) is 105 cm³/mol. The van der Waals surface area contributed by atoms with E-state index in [1.807, 2.05) is 53.9 Å². The first-order chi connectivity index (χ1) is 13.5. The van der Waals surface area contributed by atoms with Gasteiger partial charge in [0.2, 0.25) is 0 Å². The molecule has 0 unspecified atom stereocenters. The lowest BCUT2D eigenvalue weighted by atomic mass is 10.2. The molecule has 5 nitrogen and oxygen atoms in total. The van der Waals surface area contributed by atoms with Crippen LogP contribution in [0.1, 0.15) is 11.4 Å². The van der Waals surface area contributed by atoms with Gasteiger partial charge in [-0.3, -0.25) is 4.90 Å². The minimum Gasteiger partial charge on any atom is -0.493 e. The SMILES string of the molecule is CN(Cc1ccc(F)cc1F)Cc1nnc(SCCOc2ccccc2)n1C. The van der Waals surface area contributed by atoms with E-state index in [2.05, 4.69) is 10.2 Å². The van der Waals surface area contributed by atoms with Gasteiger partial charge >= 0.3 is 0 Å². The maximum absolute atomic E-state index is 13.8. The summed E-state index contributed by atoms with van der Waals surface area (Å²) in [7, 11) is 3.76. The molecule has 0 aliphatic carbocycles. The van der Waals surface area contributed by atoms with E-state index in [-0.39, 0.29) is 0 Å². The topological polar surface area (TPSA) is 43.2 Å². The van der Waals surface area contributed by atoms with Crippen LogP contribution >= 0.6 is 11.8 Å². The van der Waals surface area contributed by atoms with E-state index in [1.54, 1.807) is 11.8 Å². The summed E-state index contributed by atoms with van der Waals surface area (Å²) in [5, 5.41) is 9.25. The van der Waals surface area contributed by atoms with Crippen molar-refractivity contribution in [1.82, 2.24) is 19.7 Å². The second-order valence-corrected chi connectivity index (χ2v) is 7.44. The minimum atomic E-state index is -0.574. The predicted octanol–water partition coefficient (Wildman–Crippen LogP) is 3.90. The lowest BCUT2D eigenvalue weighted by Crippen LogP contribution is -2.20. The van der Waals surface area contributed by atoms with Crippen molar-refractivity contribution in [1.29, 1.82) is 0 Å². The van der Waals surface area contributed by atoms with Crippen LogP contribution in [0.3, 0.4) is 0 Å². The molecule has 0 atom stereocenters. The molecule has 0 N–H and O–H groups in total. The van der Waals surface area contributed by atoms with Gasteiger partial charge in [-0.15, -0.1) is 10.2 Å². The van der Waals surface area contributed by atoms with Gasteiger partial charge in [-0.1, -0.05) is 36.0 Å². The molecule has 1 heterocycles. The van der Waals surface area contributed by atoms with Crippen LogP contribution in [-0.2, 0) is 20.1 Å². The molecular formula is C20H22F2N4OS. The number of hydrogen-bond acceptors (Lipinski definition) is 5. The third-order valence-electron chi connectivity index (χ3n) is 4.12. The Labute approximate surface area is 167 Å². The Balaban J connectivity index is 1.49. The molecule has 0 bridgehead atoms. The Hall–Kier alpha value is -2.45. The van der Waals surface area contributed by atoms with Gasteiger partial charge in [0.05, 0.1) is 13.2 Å². The van der Waals surface area contributed by atoms with E-state index in [4.69, 9.17) is 4.74 Å². The fourth-order valence-corrected chi connectivity index (χ4v) is 3.40. The van der Waals surface area contributed by atoms with Crippen molar-refractivity contribution in [2.45, 2.75) is 18.2 Å². The minimum absolute atomic E-state index is 0.354. The highest BCUT2D eigenvalue weighted by molar-refractivity contribution is 7.99. The summed E-state index contributed by atoms with van der Waals surface area (Å²) in [6.45, 7) is 1.42. The second-order valence-electron chi connectivity index (χ2n) is 6.38. The van der Waals surface area contributed by atoms with Crippen LogP contribution in [0.2, 0.25) is 0 Å². The van der Waals surface area contributed by atoms with Gasteiger partial charge < -0.3 is 9.30 Å². The molecule has 2 aromatic carbocycles. The van der Waals surface area contributed by atoms with Crippen molar-refractivity contribution in [2.75, 3.05) is 19.4 Å². The lowest BCUT2D eigenvalue weighted by Gasteiger charge is -2.16. The summed E-state index contributed by atoms with van der Waals surface area (Å²) >= 11 is 1.57. The molecule has 8 heteroatoms. The van der Waals surface area contributed by atoms with Gasteiger partial charge in [-0.2, -0.15) is 0 Å². The summed E-state index contributed by atoms with van der Waals surface area (Å²) < 4.78 is 34.4. The molecule has 0 saturated carbocycles. The molecular weight excluding hydrogens is 382 g/mol. The van der Waals surface area contributed by atoms with Gasteiger partial charge in [0.1, 0.15) is 23.2 Å². The Morgan fingerprint density at radius 3 is 2.61 bits per heavy atom. The molecule has 0 fully saturated rings. The van der Waals surface area contributed by atoms with Crippen molar-refractivity contribution in [3.63, 3.8) is 0 Å². The Bertz CT molecular complexity index is 904. The third-order valence-corrected chi connectivity index (χ3v) is 5.10. The molecule has 0 spiro atoms. The highest BCUT2D eigenvalue weighted by Crippen LogP contribution is 2.18. The molecule has 1 aromatic heterocycles. The van der Waals surface area contributed by atoms with E-state index in [9.17, 15) is 8.78 Å². The van der Waals surface area contributed by atoms with Crippen LogP contribution in [0.15, 0.2) is 53.7 Å². The Morgan fingerprint density at radius 2 is 1.86 bits per heavy atom. The zero-order valence-electron chi connectivity index (χ0n) is 15.8. The van der Waals surface area contributed by atoms with Gasteiger partial charge in [-0.25, -0.2) is 8.78 Å². The van der Waals surface area contributed by atoms with Crippen molar-refractivity contribution in [2.24, 2.45) is 7.05 Å². The van der Waals surface area contributed by atoms with Gasteiger partial charge in [0.15, 0.2) is 5.16 Å². The summed E-state index contributed by atoms with van der Waals surface area (Å²) in [4.78, 5) is 1.91. The summed E-state index contributed by atoms with van der Waals surface area (Å²) in [6.07, 6.45) is 0. The summed E-state index contributed by atoms with van der Waals surface area (Å²) in [5.41, 5.74) is 0.443. The highest BCUT2D eigenvalue weighted by atomic mass is 32.2. The number of benzene rings is 2. The fraction of sp³-hybridized carbons (Fsp3) is 0.300. The Morgan fingerprint density at radius 1 is 1.07 bits per heavy atom. The zero-order valence-corrected chi connectivity index (χ0v) is 16.6. The normalized spacial score (nSPS) is 11.2. The smallest absolute Gasteiger partial charge is 0.191 e. The first-order valence-electron chi connectivity index (χ1n) is 8.84. The second kappa shape index (κ2) is 9.66. The van der Waals surface area contributed by atoms with Crippen molar-refractivity contribution in [3.8, 4) is 5.75 Å². The third kappa shape index (κ3) is 5.53. The van der Waals surface area contributed by atoms with Crippen LogP contribution in [0, 0.1) is 11.6 Å². The molecule has 3 rings (SSSR count). The fourth-order valence-electron chi connectivity index (χ4n) is 2.66. The van der Waals surface area contributed by atoms with Crippen LogP contribution in [-0.4, -0.2) is 39.1 Å². The molecule has 148 valence electrons. The first kappa shape index (κ1) is 20.3. The van der Waals surface area contributed by atoms with E-state index in [0.717, 1.165) is 28.5 Å². The molecule has 28 heavy (non-hydrogen) atoms. The largest absolute Gasteiger partial charge is 0.493 e. The summed E-state index contributed by atoms with van der Waals surface area (Å²) in [5.74, 6) is 1.25. The molecule has 3 aromatic rings. The number of aromatic nitrogens is 3. The van der Waals surface area contributed by atoms with Crippen LogP contribution in [0.5, 0.6) is 5.75 Å². The van der Waals surface area contributed by atoms with Gasteiger partial charge in [0, 0.05) is 31.0 Å². The molecule has 0 radical (unpaired) electrons. The molecule has 0 aliphatic rings. The number of para-hydroxylation sites is 1. The maximum atomic E-state index is 13.8. The van der Waals surface area contributed by atoms with E-state index in [0.29, 0.717) is 25.3 Å². The average molecular weight is 404 g/mol. The lowest BCUT2D eigenvalue weighted by molar-refractivity contribution is 0.300. The van der Waals surface area contributed by atoms with Crippen molar-refractivity contribution >= 4 is 11.8 Å². The number of nitrogens with zero attached hydrogens (tertiary/aromatic N) is 4.